The van der Waals surface area contributed by atoms with Gasteiger partial charge in [-0.15, -0.1) is 0 Å². The van der Waals surface area contributed by atoms with Crippen molar-refractivity contribution >= 4 is 27.8 Å². The zero-order chi connectivity index (χ0) is 17.0. The highest BCUT2D eigenvalue weighted by molar-refractivity contribution is 5.96. The van der Waals surface area contributed by atoms with Gasteiger partial charge in [0.25, 0.3) is 5.91 Å². The van der Waals surface area contributed by atoms with Gasteiger partial charge >= 0.3 is 0 Å². The van der Waals surface area contributed by atoms with Crippen molar-refractivity contribution in [2.24, 2.45) is 0 Å². The number of hydrogen-bond donors (Lipinski definition) is 1. The molecule has 4 aromatic rings. The van der Waals surface area contributed by atoms with Crippen LogP contribution in [0.5, 0.6) is 0 Å². The quantitative estimate of drug-likeness (QED) is 0.566. The van der Waals surface area contributed by atoms with Crippen LogP contribution < -0.4 is 0 Å². The lowest BCUT2D eigenvalue weighted by molar-refractivity contribution is 0.0705. The number of aromatic nitrogens is 1. The van der Waals surface area contributed by atoms with Crippen LogP contribution in [-0.2, 0) is 13.0 Å². The molecular formula is C20H15FN2O2. The van der Waals surface area contributed by atoms with E-state index in [2.05, 4.69) is 4.98 Å². The number of amides is 1. The van der Waals surface area contributed by atoms with Gasteiger partial charge in [0.15, 0.2) is 5.76 Å². The molecule has 1 aliphatic heterocycles. The lowest BCUT2D eigenvalue weighted by Gasteiger charge is -2.26. The molecule has 5 rings (SSSR count). The number of nitrogens with zero attached hydrogens (tertiary/aromatic N) is 1. The minimum absolute atomic E-state index is 0.132. The van der Waals surface area contributed by atoms with Crippen molar-refractivity contribution < 1.29 is 13.6 Å². The number of carbonyl (C=O) groups is 1. The number of carbonyl (C=O) groups excluding carboxylic acids is 1. The highest BCUT2D eigenvalue weighted by Gasteiger charge is 2.26. The van der Waals surface area contributed by atoms with Crippen molar-refractivity contribution in [3.05, 3.63) is 71.4 Å². The minimum Gasteiger partial charge on any atom is -0.451 e. The Morgan fingerprint density at radius 2 is 2.04 bits per heavy atom. The van der Waals surface area contributed by atoms with Crippen molar-refractivity contribution in [1.82, 2.24) is 9.88 Å². The zero-order valence-electron chi connectivity index (χ0n) is 13.4. The fourth-order valence-electron chi connectivity index (χ4n) is 3.60. The molecule has 2 aromatic heterocycles. The molecule has 0 bridgehead atoms. The van der Waals surface area contributed by atoms with E-state index in [9.17, 15) is 9.18 Å². The first-order valence-electron chi connectivity index (χ1n) is 8.26. The number of rotatable bonds is 1. The van der Waals surface area contributed by atoms with Crippen LogP contribution in [0.25, 0.3) is 21.9 Å². The summed E-state index contributed by atoms with van der Waals surface area (Å²) in [6.45, 7) is 1.06. The Kier molecular flexibility index (Phi) is 2.98. The Morgan fingerprint density at radius 3 is 2.92 bits per heavy atom. The SMILES string of the molecule is O=C(c1cc2ccccc2o1)N1CCc2[nH]c3ccc(F)cc3c2C1. The monoisotopic (exact) mass is 334 g/mol. The van der Waals surface area contributed by atoms with Gasteiger partial charge in [-0.2, -0.15) is 0 Å². The van der Waals surface area contributed by atoms with Crippen LogP contribution in [0.1, 0.15) is 21.8 Å². The molecule has 1 aliphatic rings. The Bertz CT molecular complexity index is 1090. The summed E-state index contributed by atoms with van der Waals surface area (Å²) in [6, 6.07) is 14.1. The van der Waals surface area contributed by atoms with E-state index in [4.69, 9.17) is 4.42 Å². The van der Waals surface area contributed by atoms with Gasteiger partial charge in [-0.05, 0) is 30.3 Å². The highest BCUT2D eigenvalue weighted by Crippen LogP contribution is 2.29. The fraction of sp³-hybridized carbons (Fsp3) is 0.150. The van der Waals surface area contributed by atoms with E-state index in [0.717, 1.165) is 34.0 Å². The zero-order valence-corrected chi connectivity index (χ0v) is 13.4. The molecule has 1 N–H and O–H groups in total. The van der Waals surface area contributed by atoms with Gasteiger partial charge in [-0.3, -0.25) is 4.79 Å². The molecule has 0 aliphatic carbocycles. The normalized spacial score (nSPS) is 14.2. The molecule has 3 heterocycles. The van der Waals surface area contributed by atoms with Gasteiger partial charge in [-0.25, -0.2) is 4.39 Å². The first-order valence-corrected chi connectivity index (χ1v) is 8.26. The van der Waals surface area contributed by atoms with E-state index in [-0.39, 0.29) is 11.7 Å². The molecular weight excluding hydrogens is 319 g/mol. The lowest BCUT2D eigenvalue weighted by Crippen LogP contribution is -2.35. The summed E-state index contributed by atoms with van der Waals surface area (Å²) < 4.78 is 19.3. The summed E-state index contributed by atoms with van der Waals surface area (Å²) in [4.78, 5) is 18.0. The molecule has 0 spiro atoms. The molecule has 0 saturated heterocycles. The second-order valence-corrected chi connectivity index (χ2v) is 6.40. The van der Waals surface area contributed by atoms with E-state index >= 15 is 0 Å². The Labute approximate surface area is 142 Å². The number of halogens is 1. The summed E-state index contributed by atoms with van der Waals surface area (Å²) in [6.07, 6.45) is 0.720. The van der Waals surface area contributed by atoms with Crippen LogP contribution in [-0.4, -0.2) is 22.3 Å². The van der Waals surface area contributed by atoms with Gasteiger partial charge < -0.3 is 14.3 Å². The number of benzene rings is 2. The molecule has 124 valence electrons. The van der Waals surface area contributed by atoms with Crippen molar-refractivity contribution in [3.63, 3.8) is 0 Å². The predicted octanol–water partition coefficient (Wildman–Crippen LogP) is 4.25. The van der Waals surface area contributed by atoms with Crippen molar-refractivity contribution in [2.75, 3.05) is 6.54 Å². The van der Waals surface area contributed by atoms with E-state index in [0.29, 0.717) is 24.4 Å². The Hall–Kier alpha value is -3.08. The van der Waals surface area contributed by atoms with Crippen molar-refractivity contribution in [2.45, 2.75) is 13.0 Å². The third kappa shape index (κ3) is 2.23. The maximum absolute atomic E-state index is 13.6. The van der Waals surface area contributed by atoms with Gasteiger partial charge in [0, 0.05) is 47.1 Å². The molecule has 2 aromatic carbocycles. The second-order valence-electron chi connectivity index (χ2n) is 6.40. The minimum atomic E-state index is -0.268. The summed E-state index contributed by atoms with van der Waals surface area (Å²) in [5.41, 5.74) is 3.68. The number of para-hydroxylation sites is 1. The van der Waals surface area contributed by atoms with Gasteiger partial charge in [0.2, 0.25) is 0 Å². The summed E-state index contributed by atoms with van der Waals surface area (Å²) >= 11 is 0. The van der Waals surface area contributed by atoms with E-state index < -0.39 is 0 Å². The number of furan rings is 1. The average molecular weight is 334 g/mol. The molecule has 4 nitrogen and oxygen atoms in total. The first-order chi connectivity index (χ1) is 12.2. The fourth-order valence-corrected chi connectivity index (χ4v) is 3.60. The van der Waals surface area contributed by atoms with E-state index in [1.807, 2.05) is 24.3 Å². The topological polar surface area (TPSA) is 49.2 Å². The maximum atomic E-state index is 13.6. The third-order valence-corrected chi connectivity index (χ3v) is 4.86. The first kappa shape index (κ1) is 14.3. The van der Waals surface area contributed by atoms with Crippen molar-refractivity contribution in [1.29, 1.82) is 0 Å². The van der Waals surface area contributed by atoms with Crippen LogP contribution in [0, 0.1) is 5.82 Å². The molecule has 0 atom stereocenters. The van der Waals surface area contributed by atoms with Crippen molar-refractivity contribution in [3.8, 4) is 0 Å². The molecule has 0 saturated carbocycles. The summed E-state index contributed by atoms with van der Waals surface area (Å²) in [7, 11) is 0. The Morgan fingerprint density at radius 1 is 1.16 bits per heavy atom. The van der Waals surface area contributed by atoms with Gasteiger partial charge in [-0.1, -0.05) is 18.2 Å². The number of fused-ring (bicyclic) bond motifs is 4. The number of aromatic amines is 1. The number of hydrogen-bond acceptors (Lipinski definition) is 2. The van der Waals surface area contributed by atoms with E-state index in [1.54, 1.807) is 17.0 Å². The van der Waals surface area contributed by atoms with Gasteiger partial charge in [0.05, 0.1) is 0 Å². The van der Waals surface area contributed by atoms with Crippen LogP contribution in [0.15, 0.2) is 52.9 Å². The standard InChI is InChI=1S/C20H15FN2O2/c21-13-5-6-16-14(10-13)15-11-23(8-7-17(15)22-16)20(24)19-9-12-3-1-2-4-18(12)25-19/h1-6,9-10,22H,7-8,11H2. The highest BCUT2D eigenvalue weighted by atomic mass is 19.1. The van der Waals surface area contributed by atoms with Crippen LogP contribution in [0.3, 0.4) is 0 Å². The molecule has 1 amide bonds. The number of nitrogens with one attached hydrogen (secondary N) is 1. The summed E-state index contributed by atoms with van der Waals surface area (Å²) in [5, 5.41) is 1.76. The summed E-state index contributed by atoms with van der Waals surface area (Å²) in [5.74, 6) is -0.0571. The second kappa shape index (κ2) is 5.21. The van der Waals surface area contributed by atoms with Gasteiger partial charge in [0.1, 0.15) is 11.4 Å². The van der Waals surface area contributed by atoms with Crippen LogP contribution in [0.2, 0.25) is 0 Å². The maximum Gasteiger partial charge on any atom is 0.289 e. The largest absolute Gasteiger partial charge is 0.451 e. The van der Waals surface area contributed by atoms with E-state index in [1.165, 1.54) is 12.1 Å². The molecule has 0 unspecified atom stereocenters. The molecule has 0 fully saturated rings. The smallest absolute Gasteiger partial charge is 0.289 e. The van der Waals surface area contributed by atoms with Crippen LogP contribution >= 0.6 is 0 Å². The molecule has 5 heteroatoms. The predicted molar refractivity (Wildman–Crippen MR) is 92.9 cm³/mol. The number of H-pyrrole nitrogens is 1. The average Bonchev–Trinajstić information content (AvgIpc) is 3.21. The van der Waals surface area contributed by atoms with Crippen LogP contribution in [0.4, 0.5) is 4.39 Å². The molecule has 25 heavy (non-hydrogen) atoms. The lowest BCUT2D eigenvalue weighted by atomic mass is 10.0. The Balaban J connectivity index is 1.51. The third-order valence-electron chi connectivity index (χ3n) is 4.86. The molecule has 0 radical (unpaired) electrons.